The third kappa shape index (κ3) is 3.40. The number of hydrogen-bond acceptors (Lipinski definition) is 5. The minimum atomic E-state index is -0.236. The minimum absolute atomic E-state index is 0.133. The molecule has 0 saturated heterocycles. The van der Waals surface area contributed by atoms with E-state index in [1.165, 1.54) is 11.1 Å². The molecule has 0 saturated carbocycles. The van der Waals surface area contributed by atoms with E-state index in [1.807, 2.05) is 0 Å². The zero-order chi connectivity index (χ0) is 12.7. The van der Waals surface area contributed by atoms with Crippen LogP contribution in [-0.4, -0.2) is 59.4 Å². The molecule has 6 heteroatoms. The summed E-state index contributed by atoms with van der Waals surface area (Å²) in [5.41, 5.74) is 1.10. The summed E-state index contributed by atoms with van der Waals surface area (Å²) in [4.78, 5) is 17.5. The predicted molar refractivity (Wildman–Crippen MR) is 63.9 cm³/mol. The summed E-state index contributed by atoms with van der Waals surface area (Å²) < 4.78 is 0. The van der Waals surface area contributed by atoms with Gasteiger partial charge in [0.2, 0.25) is 0 Å². The van der Waals surface area contributed by atoms with Crippen molar-refractivity contribution in [2.75, 3.05) is 38.7 Å². The fourth-order valence-corrected chi connectivity index (χ4v) is 1.51. The number of anilines is 1. The maximum atomic E-state index is 12.1. The fraction of sp³-hybridized carbons (Fsp3) is 0.455. The summed E-state index contributed by atoms with van der Waals surface area (Å²) in [6.07, 6.45) is 3.09. The molecule has 0 atom stereocenters. The summed E-state index contributed by atoms with van der Waals surface area (Å²) >= 11 is 0. The van der Waals surface area contributed by atoms with Crippen LogP contribution in [0.2, 0.25) is 0 Å². The van der Waals surface area contributed by atoms with Crippen molar-refractivity contribution in [3.05, 3.63) is 24.0 Å². The van der Waals surface area contributed by atoms with Crippen molar-refractivity contribution >= 4 is 11.6 Å². The normalized spacial score (nSPS) is 10.1. The van der Waals surface area contributed by atoms with Crippen LogP contribution in [0.25, 0.3) is 0 Å². The molecule has 0 aliphatic rings. The lowest BCUT2D eigenvalue weighted by Gasteiger charge is -2.21. The first-order valence-corrected chi connectivity index (χ1v) is 5.37. The van der Waals surface area contributed by atoms with E-state index in [0.29, 0.717) is 11.3 Å². The van der Waals surface area contributed by atoms with Crippen molar-refractivity contribution in [1.29, 1.82) is 0 Å². The van der Waals surface area contributed by atoms with E-state index in [4.69, 9.17) is 10.2 Å². The Morgan fingerprint density at radius 1 is 1.41 bits per heavy atom. The maximum absolute atomic E-state index is 12.1. The third-order valence-electron chi connectivity index (χ3n) is 2.35. The molecule has 0 aromatic carbocycles. The lowest BCUT2D eigenvalue weighted by atomic mass is 10.2. The van der Waals surface area contributed by atoms with E-state index in [-0.39, 0.29) is 32.2 Å². The molecule has 1 heterocycles. The van der Waals surface area contributed by atoms with E-state index in [2.05, 4.69) is 10.3 Å². The maximum Gasteiger partial charge on any atom is 0.256 e. The number of hydrogen-bond donors (Lipinski definition) is 3. The zero-order valence-electron chi connectivity index (χ0n) is 9.76. The average Bonchev–Trinajstić information content (AvgIpc) is 2.37. The zero-order valence-corrected chi connectivity index (χ0v) is 9.76. The highest BCUT2D eigenvalue weighted by Gasteiger charge is 2.17. The Bertz CT molecular complexity index is 365. The van der Waals surface area contributed by atoms with Gasteiger partial charge in [0.25, 0.3) is 5.91 Å². The Morgan fingerprint density at radius 3 is 2.59 bits per heavy atom. The molecule has 3 N–H and O–H groups in total. The lowest BCUT2D eigenvalue weighted by Crippen LogP contribution is -2.36. The van der Waals surface area contributed by atoms with Gasteiger partial charge in [-0.3, -0.25) is 9.78 Å². The van der Waals surface area contributed by atoms with Crippen molar-refractivity contribution in [1.82, 2.24) is 9.88 Å². The number of nitrogens with one attached hydrogen (secondary N) is 1. The number of rotatable bonds is 6. The minimum Gasteiger partial charge on any atom is -0.395 e. The number of carbonyl (C=O) groups is 1. The lowest BCUT2D eigenvalue weighted by molar-refractivity contribution is 0.0685. The van der Waals surface area contributed by atoms with E-state index in [9.17, 15) is 4.79 Å². The highest BCUT2D eigenvalue weighted by atomic mass is 16.3. The van der Waals surface area contributed by atoms with Gasteiger partial charge in [0.05, 0.1) is 30.7 Å². The van der Waals surface area contributed by atoms with E-state index >= 15 is 0 Å². The van der Waals surface area contributed by atoms with Crippen molar-refractivity contribution in [3.63, 3.8) is 0 Å². The molecule has 0 radical (unpaired) electrons. The van der Waals surface area contributed by atoms with Gasteiger partial charge in [0.1, 0.15) is 0 Å². The van der Waals surface area contributed by atoms with Crippen LogP contribution in [0.15, 0.2) is 18.5 Å². The van der Waals surface area contributed by atoms with Gasteiger partial charge in [0, 0.05) is 26.3 Å². The topological polar surface area (TPSA) is 85.7 Å². The van der Waals surface area contributed by atoms with Gasteiger partial charge in [-0.1, -0.05) is 0 Å². The highest BCUT2D eigenvalue weighted by Crippen LogP contribution is 2.14. The van der Waals surface area contributed by atoms with Crippen LogP contribution in [-0.2, 0) is 0 Å². The first-order chi connectivity index (χ1) is 8.24. The monoisotopic (exact) mass is 239 g/mol. The second-order valence-electron chi connectivity index (χ2n) is 3.41. The molecule has 17 heavy (non-hydrogen) atoms. The number of nitrogens with zero attached hydrogens (tertiary/aromatic N) is 2. The largest absolute Gasteiger partial charge is 0.395 e. The van der Waals surface area contributed by atoms with Crippen LogP contribution in [0.3, 0.4) is 0 Å². The number of carbonyl (C=O) groups excluding carboxylic acids is 1. The van der Waals surface area contributed by atoms with Gasteiger partial charge in [-0.15, -0.1) is 0 Å². The molecule has 1 rings (SSSR count). The quantitative estimate of drug-likeness (QED) is 0.626. The summed E-state index contributed by atoms with van der Waals surface area (Å²) in [6, 6.07) is 1.61. The number of amides is 1. The highest BCUT2D eigenvalue weighted by molar-refractivity contribution is 5.99. The molecule has 0 spiro atoms. The smallest absolute Gasteiger partial charge is 0.256 e. The molecule has 94 valence electrons. The predicted octanol–water partition coefficient (Wildman–Crippen LogP) is -0.450. The first kappa shape index (κ1) is 13.4. The SMILES string of the molecule is CNc1cnccc1C(=O)N(CCO)CCO. The number of aliphatic hydroxyl groups excluding tert-OH is 2. The third-order valence-corrected chi connectivity index (χ3v) is 2.35. The molecule has 1 amide bonds. The molecular formula is C11H17N3O3. The van der Waals surface area contributed by atoms with Crippen molar-refractivity contribution < 1.29 is 15.0 Å². The Morgan fingerprint density at radius 2 is 2.06 bits per heavy atom. The van der Waals surface area contributed by atoms with Gasteiger partial charge in [0.15, 0.2) is 0 Å². The van der Waals surface area contributed by atoms with Crippen LogP contribution in [0.1, 0.15) is 10.4 Å². The molecule has 1 aromatic rings. The van der Waals surface area contributed by atoms with Gasteiger partial charge in [-0.25, -0.2) is 0 Å². The first-order valence-electron chi connectivity index (χ1n) is 5.37. The molecule has 0 fully saturated rings. The number of aromatic nitrogens is 1. The van der Waals surface area contributed by atoms with Crippen molar-refractivity contribution in [2.24, 2.45) is 0 Å². The fourth-order valence-electron chi connectivity index (χ4n) is 1.51. The molecule has 0 aliphatic heterocycles. The van der Waals surface area contributed by atoms with Crippen molar-refractivity contribution in [3.8, 4) is 0 Å². The number of aliphatic hydroxyl groups is 2. The Hall–Kier alpha value is -1.66. The molecule has 0 aliphatic carbocycles. The Kier molecular flexibility index (Phi) is 5.38. The van der Waals surface area contributed by atoms with Crippen LogP contribution in [0.4, 0.5) is 5.69 Å². The van der Waals surface area contributed by atoms with Crippen molar-refractivity contribution in [2.45, 2.75) is 0 Å². The molecule has 1 aromatic heterocycles. The van der Waals surface area contributed by atoms with Gasteiger partial charge >= 0.3 is 0 Å². The van der Waals surface area contributed by atoms with Crippen LogP contribution in [0.5, 0.6) is 0 Å². The number of pyridine rings is 1. The standard InChI is InChI=1S/C11H17N3O3/c1-12-10-8-13-3-2-9(10)11(17)14(4-6-15)5-7-16/h2-3,8,12,15-16H,4-7H2,1H3. The van der Waals surface area contributed by atoms with Crippen LogP contribution in [0, 0.1) is 0 Å². The van der Waals surface area contributed by atoms with Gasteiger partial charge < -0.3 is 20.4 Å². The van der Waals surface area contributed by atoms with Gasteiger partial charge in [-0.05, 0) is 6.07 Å². The second kappa shape index (κ2) is 6.82. The van der Waals surface area contributed by atoms with E-state index in [0.717, 1.165) is 0 Å². The van der Waals surface area contributed by atoms with Gasteiger partial charge in [-0.2, -0.15) is 0 Å². The summed E-state index contributed by atoms with van der Waals surface area (Å²) in [5, 5.41) is 20.6. The summed E-state index contributed by atoms with van der Waals surface area (Å²) in [7, 11) is 1.70. The second-order valence-corrected chi connectivity index (χ2v) is 3.41. The summed E-state index contributed by atoms with van der Waals surface area (Å²) in [5.74, 6) is -0.236. The van der Waals surface area contributed by atoms with E-state index < -0.39 is 0 Å². The summed E-state index contributed by atoms with van der Waals surface area (Å²) in [6.45, 7) is 0.132. The van der Waals surface area contributed by atoms with Crippen LogP contribution < -0.4 is 5.32 Å². The molecular weight excluding hydrogens is 222 g/mol. The molecule has 0 bridgehead atoms. The Labute approximate surface area is 99.9 Å². The molecule has 0 unspecified atom stereocenters. The average molecular weight is 239 g/mol. The Balaban J connectivity index is 2.92. The van der Waals surface area contributed by atoms with Crippen LogP contribution >= 0.6 is 0 Å². The molecule has 6 nitrogen and oxygen atoms in total. The van der Waals surface area contributed by atoms with E-state index in [1.54, 1.807) is 19.3 Å².